The minimum absolute atomic E-state index is 0.121. The van der Waals surface area contributed by atoms with Crippen LogP contribution in [0.1, 0.15) is 38.2 Å². The SMILES string of the molecule is C[C@@H]1C[C@H]2C(=O)N([C@H](CC#N)C(=O)O)CCC(CCc3ccccc3)N2C1. The molecule has 0 aromatic heterocycles. The molecule has 1 aromatic carbocycles. The minimum atomic E-state index is -1.09. The Labute approximate surface area is 160 Å². The van der Waals surface area contributed by atoms with Crippen LogP contribution in [0.3, 0.4) is 0 Å². The number of aryl methyl sites for hydroxylation is 1. The Balaban J connectivity index is 1.78. The molecular weight excluding hydrogens is 342 g/mol. The van der Waals surface area contributed by atoms with Gasteiger partial charge in [0.2, 0.25) is 5.91 Å². The van der Waals surface area contributed by atoms with Crippen LogP contribution in [0.25, 0.3) is 0 Å². The predicted octanol–water partition coefficient (Wildman–Crippen LogP) is 2.30. The lowest BCUT2D eigenvalue weighted by atomic mass is 10.0. The van der Waals surface area contributed by atoms with E-state index in [9.17, 15) is 14.7 Å². The molecule has 2 saturated heterocycles. The summed E-state index contributed by atoms with van der Waals surface area (Å²) in [6.45, 7) is 3.42. The summed E-state index contributed by atoms with van der Waals surface area (Å²) in [5.41, 5.74) is 1.28. The number of benzene rings is 1. The fourth-order valence-corrected chi connectivity index (χ4v) is 4.49. The standard InChI is InChI=1S/C21H27N3O3/c1-15-13-19-20(25)23(18(9-11-22)21(26)27)12-10-17(24(19)14-15)8-7-16-5-3-2-4-6-16/h2-6,15,17-19H,7-10,12-14H2,1H3,(H,26,27)/t15-,17?,18-,19+/m1/s1. The molecule has 0 bridgehead atoms. The lowest BCUT2D eigenvalue weighted by Crippen LogP contribution is -2.50. The van der Waals surface area contributed by atoms with Gasteiger partial charge in [-0.25, -0.2) is 4.79 Å². The Morgan fingerprint density at radius 1 is 1.37 bits per heavy atom. The van der Waals surface area contributed by atoms with Crippen molar-refractivity contribution in [1.82, 2.24) is 9.80 Å². The van der Waals surface area contributed by atoms with Gasteiger partial charge in [-0.15, -0.1) is 0 Å². The molecule has 27 heavy (non-hydrogen) atoms. The molecule has 0 aliphatic carbocycles. The predicted molar refractivity (Wildman–Crippen MR) is 101 cm³/mol. The van der Waals surface area contributed by atoms with Crippen LogP contribution >= 0.6 is 0 Å². The number of nitriles is 1. The molecule has 2 fully saturated rings. The summed E-state index contributed by atoms with van der Waals surface area (Å²) in [4.78, 5) is 28.5. The Morgan fingerprint density at radius 2 is 2.11 bits per heavy atom. The van der Waals surface area contributed by atoms with E-state index in [0.717, 1.165) is 32.2 Å². The number of fused-ring (bicyclic) bond motifs is 1. The molecule has 1 aromatic rings. The monoisotopic (exact) mass is 369 g/mol. The Hall–Kier alpha value is -2.39. The molecule has 1 N–H and O–H groups in total. The summed E-state index contributed by atoms with van der Waals surface area (Å²) < 4.78 is 0. The van der Waals surface area contributed by atoms with E-state index in [1.807, 2.05) is 24.3 Å². The number of rotatable bonds is 6. The van der Waals surface area contributed by atoms with E-state index < -0.39 is 12.0 Å². The van der Waals surface area contributed by atoms with E-state index in [1.54, 1.807) is 0 Å². The van der Waals surface area contributed by atoms with Crippen molar-refractivity contribution in [2.45, 2.75) is 57.2 Å². The summed E-state index contributed by atoms with van der Waals surface area (Å²) in [6.07, 6.45) is 3.23. The first-order valence-corrected chi connectivity index (χ1v) is 9.71. The number of aliphatic carboxylic acids is 1. The van der Waals surface area contributed by atoms with Crippen molar-refractivity contribution < 1.29 is 14.7 Å². The Kier molecular flexibility index (Phi) is 6.12. The van der Waals surface area contributed by atoms with E-state index in [0.29, 0.717) is 12.5 Å². The molecule has 0 spiro atoms. The van der Waals surface area contributed by atoms with Gasteiger partial charge in [-0.3, -0.25) is 9.69 Å². The fraction of sp³-hybridized carbons (Fsp3) is 0.571. The first-order chi connectivity index (χ1) is 13.0. The third-order valence-corrected chi connectivity index (χ3v) is 5.84. The van der Waals surface area contributed by atoms with Gasteiger partial charge in [0, 0.05) is 19.1 Å². The molecule has 2 aliphatic rings. The number of nitrogens with zero attached hydrogens (tertiary/aromatic N) is 3. The maximum atomic E-state index is 13.1. The highest BCUT2D eigenvalue weighted by molar-refractivity contribution is 5.87. The Morgan fingerprint density at radius 3 is 2.78 bits per heavy atom. The first-order valence-electron chi connectivity index (χ1n) is 9.71. The molecule has 3 rings (SSSR count). The van der Waals surface area contributed by atoms with Crippen LogP contribution in [0, 0.1) is 17.2 Å². The van der Waals surface area contributed by atoms with Crippen molar-refractivity contribution in [3.63, 3.8) is 0 Å². The smallest absolute Gasteiger partial charge is 0.327 e. The molecule has 1 unspecified atom stereocenters. The molecule has 2 heterocycles. The number of amides is 1. The highest BCUT2D eigenvalue weighted by atomic mass is 16.4. The second-order valence-electron chi connectivity index (χ2n) is 7.77. The summed E-state index contributed by atoms with van der Waals surface area (Å²) in [5.74, 6) is -0.799. The first kappa shape index (κ1) is 19.4. The van der Waals surface area contributed by atoms with Crippen molar-refractivity contribution in [2.24, 2.45) is 5.92 Å². The maximum Gasteiger partial charge on any atom is 0.327 e. The van der Waals surface area contributed by atoms with E-state index in [4.69, 9.17) is 5.26 Å². The third kappa shape index (κ3) is 4.30. The van der Waals surface area contributed by atoms with E-state index in [1.165, 1.54) is 10.5 Å². The highest BCUT2D eigenvalue weighted by Crippen LogP contribution is 2.32. The van der Waals surface area contributed by atoms with Crippen molar-refractivity contribution in [2.75, 3.05) is 13.1 Å². The van der Waals surface area contributed by atoms with Gasteiger partial charge in [-0.05, 0) is 37.2 Å². The highest BCUT2D eigenvalue weighted by Gasteiger charge is 2.45. The molecule has 6 nitrogen and oxygen atoms in total. The van der Waals surface area contributed by atoms with Crippen LogP contribution in [-0.4, -0.2) is 58.0 Å². The lowest BCUT2D eigenvalue weighted by Gasteiger charge is -2.30. The second kappa shape index (κ2) is 8.53. The summed E-state index contributed by atoms with van der Waals surface area (Å²) >= 11 is 0. The number of hydrogen-bond acceptors (Lipinski definition) is 4. The van der Waals surface area contributed by atoms with Crippen LogP contribution in [0.5, 0.6) is 0 Å². The van der Waals surface area contributed by atoms with Crippen LogP contribution in [-0.2, 0) is 16.0 Å². The van der Waals surface area contributed by atoms with Crippen LogP contribution in [0.2, 0.25) is 0 Å². The van der Waals surface area contributed by atoms with Gasteiger partial charge in [-0.2, -0.15) is 5.26 Å². The zero-order chi connectivity index (χ0) is 19.4. The van der Waals surface area contributed by atoms with Crippen LogP contribution in [0.4, 0.5) is 0 Å². The molecule has 6 heteroatoms. The van der Waals surface area contributed by atoms with Gasteiger partial charge in [0.1, 0.15) is 6.04 Å². The molecule has 1 amide bonds. The quantitative estimate of drug-likeness (QED) is 0.832. The summed E-state index contributed by atoms with van der Waals surface area (Å²) in [5, 5.41) is 18.5. The van der Waals surface area contributed by atoms with Crippen LogP contribution in [0.15, 0.2) is 30.3 Å². The molecule has 0 radical (unpaired) electrons. The fourth-order valence-electron chi connectivity index (χ4n) is 4.49. The second-order valence-corrected chi connectivity index (χ2v) is 7.77. The van der Waals surface area contributed by atoms with E-state index >= 15 is 0 Å². The lowest BCUT2D eigenvalue weighted by molar-refractivity contribution is -0.151. The van der Waals surface area contributed by atoms with Gasteiger partial charge in [0.25, 0.3) is 0 Å². The zero-order valence-corrected chi connectivity index (χ0v) is 15.8. The van der Waals surface area contributed by atoms with Crippen molar-refractivity contribution >= 4 is 11.9 Å². The molecule has 4 atom stereocenters. The normalized spacial score (nSPS) is 26.9. The van der Waals surface area contributed by atoms with Gasteiger partial charge in [0.05, 0.1) is 18.5 Å². The van der Waals surface area contributed by atoms with E-state index in [2.05, 4.69) is 24.0 Å². The van der Waals surface area contributed by atoms with Gasteiger partial charge in [-0.1, -0.05) is 37.3 Å². The van der Waals surface area contributed by atoms with Gasteiger partial charge >= 0.3 is 5.97 Å². The zero-order valence-electron chi connectivity index (χ0n) is 15.8. The van der Waals surface area contributed by atoms with Crippen LogP contribution < -0.4 is 0 Å². The molecule has 144 valence electrons. The maximum absolute atomic E-state index is 13.1. The number of hydrogen-bond donors (Lipinski definition) is 1. The topological polar surface area (TPSA) is 84.6 Å². The number of carboxylic acid groups (broad SMARTS) is 1. The summed E-state index contributed by atoms with van der Waals surface area (Å²) in [6, 6.07) is 11.2. The van der Waals surface area contributed by atoms with E-state index in [-0.39, 0.29) is 24.4 Å². The van der Waals surface area contributed by atoms with Crippen molar-refractivity contribution in [3.8, 4) is 6.07 Å². The number of carbonyl (C=O) groups is 2. The number of carboxylic acids is 1. The largest absolute Gasteiger partial charge is 0.480 e. The minimum Gasteiger partial charge on any atom is -0.480 e. The van der Waals surface area contributed by atoms with Gasteiger partial charge in [0.15, 0.2) is 0 Å². The molecule has 0 saturated carbocycles. The third-order valence-electron chi connectivity index (χ3n) is 5.84. The van der Waals surface area contributed by atoms with Gasteiger partial charge < -0.3 is 10.0 Å². The molecular formula is C21H27N3O3. The van der Waals surface area contributed by atoms with Crippen molar-refractivity contribution in [1.29, 1.82) is 5.26 Å². The van der Waals surface area contributed by atoms with Crippen molar-refractivity contribution in [3.05, 3.63) is 35.9 Å². The number of carbonyl (C=O) groups excluding carboxylic acids is 1. The molecule has 2 aliphatic heterocycles. The summed E-state index contributed by atoms with van der Waals surface area (Å²) in [7, 11) is 0. The average molecular weight is 369 g/mol. The average Bonchev–Trinajstić information content (AvgIpc) is 3.00. The Bertz CT molecular complexity index is 715.